The second-order valence-corrected chi connectivity index (χ2v) is 4.67. The maximum absolute atomic E-state index is 3.82. The smallest absolute Gasteiger partial charge is 0.0294 e. The summed E-state index contributed by atoms with van der Waals surface area (Å²) in [6, 6.07) is 11.5. The molecule has 2 atom stereocenters. The topological polar surface area (TPSA) is 12.0 Å². The monoisotopic (exact) mass is 217 g/mol. The van der Waals surface area contributed by atoms with Gasteiger partial charge in [-0.2, -0.15) is 0 Å². The molecule has 1 heteroatoms. The Balaban J connectivity index is 2.61. The minimum atomic E-state index is 0.397. The van der Waals surface area contributed by atoms with E-state index < -0.39 is 0 Å². The van der Waals surface area contributed by atoms with Crippen LogP contribution in [0, 0.1) is 5.92 Å². The summed E-state index contributed by atoms with van der Waals surface area (Å²) in [5, 5.41) is 3.66. The first-order valence-corrected chi connectivity index (χ1v) is 6.07. The fourth-order valence-corrected chi connectivity index (χ4v) is 1.87. The Labute approximate surface area is 99.6 Å². The van der Waals surface area contributed by atoms with Gasteiger partial charge in [-0.15, -0.1) is 6.58 Å². The molecule has 88 valence electrons. The molecule has 0 spiro atoms. The first-order valence-electron chi connectivity index (χ1n) is 6.07. The number of rotatable bonds is 6. The third-order valence-corrected chi connectivity index (χ3v) is 2.99. The molecule has 0 heterocycles. The van der Waals surface area contributed by atoms with Crippen molar-refractivity contribution in [2.24, 2.45) is 5.92 Å². The van der Waals surface area contributed by atoms with Crippen LogP contribution in [0.5, 0.6) is 0 Å². The highest BCUT2D eigenvalue weighted by Gasteiger charge is 2.14. The fourth-order valence-electron chi connectivity index (χ4n) is 1.87. The van der Waals surface area contributed by atoms with E-state index in [1.54, 1.807) is 0 Å². The van der Waals surface area contributed by atoms with Gasteiger partial charge in [-0.05, 0) is 24.8 Å². The molecule has 1 rings (SSSR count). The van der Waals surface area contributed by atoms with E-state index in [2.05, 4.69) is 63.0 Å². The van der Waals surface area contributed by atoms with Gasteiger partial charge < -0.3 is 5.32 Å². The maximum Gasteiger partial charge on any atom is 0.0294 e. The summed E-state index contributed by atoms with van der Waals surface area (Å²) >= 11 is 0. The average molecular weight is 217 g/mol. The minimum Gasteiger partial charge on any atom is -0.307 e. The Morgan fingerprint density at radius 3 is 2.31 bits per heavy atom. The van der Waals surface area contributed by atoms with E-state index in [1.165, 1.54) is 5.56 Å². The van der Waals surface area contributed by atoms with Crippen molar-refractivity contribution in [3.8, 4) is 0 Å². The molecule has 1 aromatic carbocycles. The quantitative estimate of drug-likeness (QED) is 0.712. The van der Waals surface area contributed by atoms with E-state index in [-0.39, 0.29) is 0 Å². The van der Waals surface area contributed by atoms with Gasteiger partial charge in [0.05, 0.1) is 0 Å². The molecule has 0 aromatic heterocycles. The maximum atomic E-state index is 3.82. The van der Waals surface area contributed by atoms with Crippen LogP contribution in [0.15, 0.2) is 43.0 Å². The van der Waals surface area contributed by atoms with Crippen LogP contribution >= 0.6 is 0 Å². The molecule has 0 aliphatic carbocycles. The van der Waals surface area contributed by atoms with Crippen molar-refractivity contribution in [1.82, 2.24) is 5.32 Å². The molecule has 0 fully saturated rings. The molecular formula is C15H23N. The number of hydrogen-bond donors (Lipinski definition) is 1. The average Bonchev–Trinajstić information content (AvgIpc) is 2.29. The zero-order chi connectivity index (χ0) is 12.0. The predicted molar refractivity (Wildman–Crippen MR) is 71.4 cm³/mol. The fraction of sp³-hybridized carbons (Fsp3) is 0.467. The first-order chi connectivity index (χ1) is 7.65. The van der Waals surface area contributed by atoms with Gasteiger partial charge in [0.25, 0.3) is 0 Å². The van der Waals surface area contributed by atoms with E-state index >= 15 is 0 Å². The highest BCUT2D eigenvalue weighted by molar-refractivity contribution is 5.18. The third-order valence-electron chi connectivity index (χ3n) is 2.99. The van der Waals surface area contributed by atoms with Crippen LogP contribution in [0.4, 0.5) is 0 Å². The lowest BCUT2D eigenvalue weighted by molar-refractivity contribution is 0.367. The second-order valence-electron chi connectivity index (χ2n) is 4.67. The zero-order valence-electron chi connectivity index (χ0n) is 10.6. The summed E-state index contributed by atoms with van der Waals surface area (Å²) in [6.07, 6.45) is 3.02. The first kappa shape index (κ1) is 13.0. The van der Waals surface area contributed by atoms with Crippen LogP contribution in [0.3, 0.4) is 0 Å². The van der Waals surface area contributed by atoms with Crippen LogP contribution < -0.4 is 5.32 Å². The van der Waals surface area contributed by atoms with Crippen LogP contribution in [0.1, 0.15) is 38.8 Å². The SMILES string of the molecule is C=CC[C@H](N[C@@H](C)c1ccccc1)C(C)C. The van der Waals surface area contributed by atoms with Gasteiger partial charge in [-0.25, -0.2) is 0 Å². The van der Waals surface area contributed by atoms with Gasteiger partial charge in [-0.3, -0.25) is 0 Å². The van der Waals surface area contributed by atoms with E-state index in [0.29, 0.717) is 18.0 Å². The summed E-state index contributed by atoms with van der Waals surface area (Å²) in [6.45, 7) is 10.5. The second kappa shape index (κ2) is 6.49. The van der Waals surface area contributed by atoms with Crippen molar-refractivity contribution in [1.29, 1.82) is 0 Å². The molecular weight excluding hydrogens is 194 g/mol. The lowest BCUT2D eigenvalue weighted by Crippen LogP contribution is -2.35. The summed E-state index contributed by atoms with van der Waals surface area (Å²) < 4.78 is 0. The van der Waals surface area contributed by atoms with Gasteiger partial charge >= 0.3 is 0 Å². The summed E-state index contributed by atoms with van der Waals surface area (Å²) in [5.41, 5.74) is 1.34. The molecule has 0 aliphatic rings. The number of hydrogen-bond acceptors (Lipinski definition) is 1. The molecule has 0 saturated carbocycles. The Kier molecular flexibility index (Phi) is 5.27. The molecule has 0 saturated heterocycles. The van der Waals surface area contributed by atoms with Crippen LogP contribution in [0.25, 0.3) is 0 Å². The van der Waals surface area contributed by atoms with E-state index in [0.717, 1.165) is 6.42 Å². The molecule has 0 unspecified atom stereocenters. The van der Waals surface area contributed by atoms with E-state index in [1.807, 2.05) is 6.08 Å². The van der Waals surface area contributed by atoms with E-state index in [9.17, 15) is 0 Å². The number of nitrogens with one attached hydrogen (secondary N) is 1. The molecule has 1 aromatic rings. The Morgan fingerprint density at radius 1 is 1.19 bits per heavy atom. The summed E-state index contributed by atoms with van der Waals surface area (Å²) in [5.74, 6) is 0.629. The number of benzene rings is 1. The van der Waals surface area contributed by atoms with Crippen molar-refractivity contribution in [2.45, 2.75) is 39.3 Å². The molecule has 0 aliphatic heterocycles. The van der Waals surface area contributed by atoms with Gasteiger partial charge in [0.2, 0.25) is 0 Å². The summed E-state index contributed by atoms with van der Waals surface area (Å²) in [7, 11) is 0. The van der Waals surface area contributed by atoms with Crippen LogP contribution in [0.2, 0.25) is 0 Å². The van der Waals surface area contributed by atoms with Crippen molar-refractivity contribution in [3.63, 3.8) is 0 Å². The van der Waals surface area contributed by atoms with Crippen LogP contribution in [-0.2, 0) is 0 Å². The van der Waals surface area contributed by atoms with Crippen molar-refractivity contribution >= 4 is 0 Å². The predicted octanol–water partition coefficient (Wildman–Crippen LogP) is 3.94. The lowest BCUT2D eigenvalue weighted by atomic mass is 9.98. The van der Waals surface area contributed by atoms with Crippen molar-refractivity contribution in [2.75, 3.05) is 0 Å². The summed E-state index contributed by atoms with van der Waals surface area (Å²) in [4.78, 5) is 0. The largest absolute Gasteiger partial charge is 0.307 e. The standard InChI is InChI=1S/C15H23N/c1-5-9-15(12(2)3)16-13(4)14-10-7-6-8-11-14/h5-8,10-13,15-16H,1,9H2,2-4H3/t13-,15-/m0/s1. The highest BCUT2D eigenvalue weighted by atomic mass is 14.9. The molecule has 1 nitrogen and oxygen atoms in total. The van der Waals surface area contributed by atoms with Crippen molar-refractivity contribution < 1.29 is 0 Å². The van der Waals surface area contributed by atoms with Gasteiger partial charge in [0.15, 0.2) is 0 Å². The highest BCUT2D eigenvalue weighted by Crippen LogP contribution is 2.16. The third kappa shape index (κ3) is 3.82. The van der Waals surface area contributed by atoms with Gasteiger partial charge in [-0.1, -0.05) is 50.3 Å². The van der Waals surface area contributed by atoms with E-state index in [4.69, 9.17) is 0 Å². The van der Waals surface area contributed by atoms with Gasteiger partial charge in [0, 0.05) is 12.1 Å². The lowest BCUT2D eigenvalue weighted by Gasteiger charge is -2.25. The Bertz CT molecular complexity index is 302. The molecule has 0 amide bonds. The van der Waals surface area contributed by atoms with Crippen LogP contribution in [-0.4, -0.2) is 6.04 Å². The normalized spacial score (nSPS) is 14.8. The minimum absolute atomic E-state index is 0.397. The van der Waals surface area contributed by atoms with Crippen molar-refractivity contribution in [3.05, 3.63) is 48.6 Å². The molecule has 0 radical (unpaired) electrons. The molecule has 1 N–H and O–H groups in total. The Hall–Kier alpha value is -1.08. The van der Waals surface area contributed by atoms with Gasteiger partial charge in [0.1, 0.15) is 0 Å². The molecule has 16 heavy (non-hydrogen) atoms. The molecule has 0 bridgehead atoms. The zero-order valence-corrected chi connectivity index (χ0v) is 10.6. The Morgan fingerprint density at radius 2 is 1.81 bits per heavy atom.